The molecule has 1 N–H and O–H groups in total. The topological polar surface area (TPSA) is 71.5 Å². The molecule has 1 aliphatic heterocycles. The lowest BCUT2D eigenvalue weighted by atomic mass is 10.0. The van der Waals surface area contributed by atoms with Gasteiger partial charge < -0.3 is 15.0 Å². The zero-order chi connectivity index (χ0) is 20.3. The van der Waals surface area contributed by atoms with Crippen LogP contribution in [0.25, 0.3) is 11.3 Å². The summed E-state index contributed by atoms with van der Waals surface area (Å²) in [5.41, 5.74) is 4.06. The van der Waals surface area contributed by atoms with Gasteiger partial charge in [-0.2, -0.15) is 0 Å². The van der Waals surface area contributed by atoms with E-state index in [9.17, 15) is 9.59 Å². The summed E-state index contributed by atoms with van der Waals surface area (Å²) in [6.07, 6.45) is 2.85. The first-order valence-corrected chi connectivity index (χ1v) is 10.4. The Bertz CT molecular complexity index is 891. The molecular formula is C21H27N3O3S. The number of aryl methyl sites for hydroxylation is 3. The van der Waals surface area contributed by atoms with E-state index in [1.165, 1.54) is 11.3 Å². The van der Waals surface area contributed by atoms with Crippen molar-refractivity contribution in [2.24, 2.45) is 0 Å². The molecule has 3 rings (SSSR count). The number of rotatable bonds is 6. The fourth-order valence-electron chi connectivity index (χ4n) is 3.48. The van der Waals surface area contributed by atoms with Crippen molar-refractivity contribution in [3.8, 4) is 17.0 Å². The molecule has 28 heavy (non-hydrogen) atoms. The maximum atomic E-state index is 12.3. The number of benzene rings is 1. The molecular weight excluding hydrogens is 374 g/mol. The van der Waals surface area contributed by atoms with Crippen molar-refractivity contribution < 1.29 is 14.3 Å². The number of methoxy groups -OCH3 is 1. The van der Waals surface area contributed by atoms with Crippen LogP contribution < -0.4 is 10.1 Å². The van der Waals surface area contributed by atoms with Gasteiger partial charge in [0.05, 0.1) is 12.8 Å². The van der Waals surface area contributed by atoms with Crippen molar-refractivity contribution in [3.05, 3.63) is 28.1 Å². The van der Waals surface area contributed by atoms with Gasteiger partial charge >= 0.3 is 0 Å². The molecule has 1 aromatic heterocycles. The molecule has 2 heterocycles. The Morgan fingerprint density at radius 2 is 2.04 bits per heavy atom. The third-order valence-corrected chi connectivity index (χ3v) is 5.96. The summed E-state index contributed by atoms with van der Waals surface area (Å²) in [5, 5.41) is 3.48. The summed E-state index contributed by atoms with van der Waals surface area (Å²) in [4.78, 5) is 31.7. The maximum absolute atomic E-state index is 12.3. The first-order chi connectivity index (χ1) is 13.4. The van der Waals surface area contributed by atoms with Crippen molar-refractivity contribution in [2.75, 3.05) is 25.5 Å². The van der Waals surface area contributed by atoms with Gasteiger partial charge in [-0.15, -0.1) is 11.3 Å². The third-order valence-electron chi connectivity index (χ3n) is 5.07. The van der Waals surface area contributed by atoms with E-state index < -0.39 is 0 Å². The summed E-state index contributed by atoms with van der Waals surface area (Å²) < 4.78 is 5.39. The van der Waals surface area contributed by atoms with Crippen LogP contribution in [0.5, 0.6) is 5.75 Å². The molecule has 0 bridgehead atoms. The number of hydrogen-bond donors (Lipinski definition) is 1. The molecule has 6 nitrogen and oxygen atoms in total. The fourth-order valence-corrected chi connectivity index (χ4v) is 4.33. The number of nitrogens with zero attached hydrogens (tertiary/aromatic N) is 2. The number of aromatic nitrogens is 1. The second-order valence-corrected chi connectivity index (χ2v) is 8.40. The largest absolute Gasteiger partial charge is 0.496 e. The summed E-state index contributed by atoms with van der Waals surface area (Å²) in [6, 6.07) is 4.08. The van der Waals surface area contributed by atoms with E-state index in [1.807, 2.05) is 26.8 Å². The van der Waals surface area contributed by atoms with E-state index in [0.717, 1.165) is 52.4 Å². The minimum Gasteiger partial charge on any atom is -0.496 e. The highest BCUT2D eigenvalue weighted by Crippen LogP contribution is 2.35. The zero-order valence-electron chi connectivity index (χ0n) is 16.9. The molecule has 0 radical (unpaired) electrons. The highest BCUT2D eigenvalue weighted by Gasteiger charge is 2.19. The summed E-state index contributed by atoms with van der Waals surface area (Å²) in [5.74, 6) is 0.896. The van der Waals surface area contributed by atoms with Crippen molar-refractivity contribution in [3.63, 3.8) is 0 Å². The zero-order valence-corrected chi connectivity index (χ0v) is 17.7. The van der Waals surface area contributed by atoms with Crippen LogP contribution in [0.1, 0.15) is 41.7 Å². The Morgan fingerprint density at radius 3 is 2.75 bits per heavy atom. The van der Waals surface area contributed by atoms with Crippen molar-refractivity contribution in [1.29, 1.82) is 0 Å². The van der Waals surface area contributed by atoms with Crippen LogP contribution in [-0.4, -0.2) is 41.9 Å². The molecule has 0 saturated carbocycles. The van der Waals surface area contributed by atoms with Gasteiger partial charge in [0.1, 0.15) is 5.75 Å². The van der Waals surface area contributed by atoms with Gasteiger partial charge in [0.2, 0.25) is 11.8 Å². The van der Waals surface area contributed by atoms with Crippen LogP contribution in [0.4, 0.5) is 5.13 Å². The third kappa shape index (κ3) is 4.52. The normalized spacial score (nSPS) is 14.3. The Labute approximate surface area is 169 Å². The summed E-state index contributed by atoms with van der Waals surface area (Å²) in [6.45, 7) is 7.27. The molecule has 1 aromatic carbocycles. The molecule has 1 saturated heterocycles. The Balaban J connectivity index is 1.68. The molecule has 7 heteroatoms. The molecule has 2 amide bonds. The van der Waals surface area contributed by atoms with Crippen LogP contribution >= 0.6 is 11.3 Å². The van der Waals surface area contributed by atoms with Gasteiger partial charge in [-0.05, 0) is 56.9 Å². The van der Waals surface area contributed by atoms with Crippen LogP contribution in [0.2, 0.25) is 0 Å². The Morgan fingerprint density at radius 1 is 1.25 bits per heavy atom. The van der Waals surface area contributed by atoms with Crippen molar-refractivity contribution >= 4 is 28.3 Å². The van der Waals surface area contributed by atoms with Gasteiger partial charge in [0.15, 0.2) is 5.13 Å². The van der Waals surface area contributed by atoms with Crippen LogP contribution in [0, 0.1) is 20.8 Å². The minimum absolute atomic E-state index is 0.110. The van der Waals surface area contributed by atoms with E-state index in [4.69, 9.17) is 4.74 Å². The lowest BCUT2D eigenvalue weighted by molar-refractivity contribution is -0.133. The SMILES string of the molecule is COc1cc(C)c(-c2nc(NC(=O)CCN3CCCCC3=O)sc2C)cc1C. The van der Waals surface area contributed by atoms with Crippen LogP contribution in [0.3, 0.4) is 0 Å². The molecule has 0 atom stereocenters. The van der Waals surface area contributed by atoms with Gasteiger partial charge in [0.25, 0.3) is 0 Å². The Kier molecular flexibility index (Phi) is 6.34. The number of amides is 2. The standard InChI is InChI=1S/C21H27N3O3S/c1-13-12-17(27-4)14(2)11-16(13)20-15(3)28-21(23-20)22-18(25)8-10-24-9-6-5-7-19(24)26/h11-12H,5-10H2,1-4H3,(H,22,23,25). The Hall–Kier alpha value is -2.41. The van der Waals surface area contributed by atoms with Gasteiger partial charge in [-0.3, -0.25) is 9.59 Å². The highest BCUT2D eigenvalue weighted by molar-refractivity contribution is 7.16. The number of hydrogen-bond acceptors (Lipinski definition) is 5. The van der Waals surface area contributed by atoms with Gasteiger partial charge in [-0.25, -0.2) is 4.98 Å². The number of thiazole rings is 1. The number of carbonyl (C=O) groups excluding carboxylic acids is 2. The molecule has 1 fully saturated rings. The van der Waals surface area contributed by atoms with E-state index in [0.29, 0.717) is 24.5 Å². The first kappa shape index (κ1) is 20.3. The predicted molar refractivity (Wildman–Crippen MR) is 112 cm³/mol. The average molecular weight is 402 g/mol. The lowest BCUT2D eigenvalue weighted by Gasteiger charge is -2.26. The predicted octanol–water partition coefficient (Wildman–Crippen LogP) is 4.09. The van der Waals surface area contributed by atoms with E-state index >= 15 is 0 Å². The molecule has 150 valence electrons. The van der Waals surface area contributed by atoms with Gasteiger partial charge in [-0.1, -0.05) is 0 Å². The second-order valence-electron chi connectivity index (χ2n) is 7.20. The van der Waals surface area contributed by atoms with E-state index in [1.54, 1.807) is 12.0 Å². The van der Waals surface area contributed by atoms with Crippen molar-refractivity contribution in [2.45, 2.75) is 46.5 Å². The number of anilines is 1. The highest BCUT2D eigenvalue weighted by atomic mass is 32.1. The first-order valence-electron chi connectivity index (χ1n) is 9.59. The number of ether oxygens (including phenoxy) is 1. The average Bonchev–Trinajstić information content (AvgIpc) is 3.02. The summed E-state index contributed by atoms with van der Waals surface area (Å²) in [7, 11) is 1.67. The summed E-state index contributed by atoms with van der Waals surface area (Å²) >= 11 is 1.47. The lowest BCUT2D eigenvalue weighted by Crippen LogP contribution is -2.37. The van der Waals surface area contributed by atoms with Crippen LogP contribution in [-0.2, 0) is 9.59 Å². The smallest absolute Gasteiger partial charge is 0.227 e. The van der Waals surface area contributed by atoms with Crippen molar-refractivity contribution in [1.82, 2.24) is 9.88 Å². The maximum Gasteiger partial charge on any atom is 0.227 e. The quantitative estimate of drug-likeness (QED) is 0.791. The molecule has 1 aliphatic rings. The molecule has 0 aliphatic carbocycles. The monoisotopic (exact) mass is 401 g/mol. The van der Waals surface area contributed by atoms with Gasteiger partial charge in [0, 0.05) is 36.4 Å². The number of likely N-dealkylation sites (tertiary alicyclic amines) is 1. The number of carbonyl (C=O) groups is 2. The van der Waals surface area contributed by atoms with E-state index in [2.05, 4.69) is 16.4 Å². The second kappa shape index (κ2) is 8.73. The number of nitrogens with one attached hydrogen (secondary N) is 1. The molecule has 0 spiro atoms. The van der Waals surface area contributed by atoms with Crippen LogP contribution in [0.15, 0.2) is 12.1 Å². The molecule has 0 unspecified atom stereocenters. The molecule has 2 aromatic rings. The minimum atomic E-state index is -0.110. The van der Waals surface area contributed by atoms with E-state index in [-0.39, 0.29) is 11.8 Å². The fraction of sp³-hybridized carbons (Fsp3) is 0.476. The number of piperidine rings is 1.